The van der Waals surface area contributed by atoms with Crippen molar-refractivity contribution in [3.8, 4) is 11.4 Å². The zero-order valence-corrected chi connectivity index (χ0v) is 19.2. The van der Waals surface area contributed by atoms with Gasteiger partial charge in [0.25, 0.3) is 0 Å². The average molecular weight is 412 g/mol. The van der Waals surface area contributed by atoms with Crippen molar-refractivity contribution in [3.63, 3.8) is 0 Å². The summed E-state index contributed by atoms with van der Waals surface area (Å²) in [4.78, 5) is 4.60. The van der Waals surface area contributed by atoms with Crippen LogP contribution in [0, 0.1) is 0 Å². The predicted octanol–water partition coefficient (Wildman–Crippen LogP) is 6.97. The van der Waals surface area contributed by atoms with Gasteiger partial charge in [0.2, 0.25) is 0 Å². The van der Waals surface area contributed by atoms with E-state index >= 15 is 0 Å². The quantitative estimate of drug-likeness (QED) is 0.264. The van der Waals surface area contributed by atoms with E-state index in [-0.39, 0.29) is 0 Å². The van der Waals surface area contributed by atoms with Crippen molar-refractivity contribution in [2.24, 2.45) is 0 Å². The van der Waals surface area contributed by atoms with Gasteiger partial charge >= 0.3 is 0 Å². The Balaban J connectivity index is 1.64. The first-order valence-corrected chi connectivity index (χ1v) is 12.2. The summed E-state index contributed by atoms with van der Waals surface area (Å²) in [5.74, 6) is 0. The molecule has 0 saturated carbocycles. The van der Waals surface area contributed by atoms with E-state index in [2.05, 4.69) is 47.2 Å². The van der Waals surface area contributed by atoms with Crippen molar-refractivity contribution in [2.75, 3.05) is 13.2 Å². The maximum atomic E-state index is 5.72. The van der Waals surface area contributed by atoms with Crippen LogP contribution in [0.2, 0.25) is 0 Å². The second-order valence-electron chi connectivity index (χ2n) is 8.26. The van der Waals surface area contributed by atoms with E-state index in [1.165, 1.54) is 63.4 Å². The molecule has 0 fully saturated rings. The molecule has 4 heteroatoms. The topological polar surface area (TPSA) is 47.9 Å². The van der Waals surface area contributed by atoms with Crippen molar-refractivity contribution in [1.82, 2.24) is 15.2 Å². The van der Waals surface area contributed by atoms with E-state index in [0.29, 0.717) is 0 Å². The molecule has 0 aliphatic carbocycles. The summed E-state index contributed by atoms with van der Waals surface area (Å²) in [6, 6.07) is 8.37. The molecule has 0 aliphatic rings. The molecule has 166 valence electrons. The minimum Gasteiger partial charge on any atom is -0.381 e. The minimum atomic E-state index is 0.854. The molecular weight excluding hydrogens is 370 g/mol. The number of aryl methyl sites for hydroxylation is 2. The van der Waals surface area contributed by atoms with E-state index in [4.69, 9.17) is 4.74 Å². The van der Waals surface area contributed by atoms with Gasteiger partial charge in [0.05, 0.1) is 11.4 Å². The summed E-state index contributed by atoms with van der Waals surface area (Å²) >= 11 is 0. The molecule has 0 unspecified atom stereocenters. The van der Waals surface area contributed by atoms with Gasteiger partial charge in [-0.25, -0.2) is 0 Å². The molecule has 0 aromatic carbocycles. The fourth-order valence-corrected chi connectivity index (χ4v) is 3.53. The maximum Gasteiger partial charge on any atom is 0.111 e. The average Bonchev–Trinajstić information content (AvgIpc) is 2.79. The summed E-state index contributed by atoms with van der Waals surface area (Å²) in [5.41, 5.74) is 4.11. The van der Waals surface area contributed by atoms with E-state index in [9.17, 15) is 0 Å². The Morgan fingerprint density at radius 2 is 1.30 bits per heavy atom. The molecule has 0 spiro atoms. The third kappa shape index (κ3) is 10.3. The fourth-order valence-electron chi connectivity index (χ4n) is 3.53. The molecule has 0 amide bonds. The standard InChI is InChI=1S/C26H41N3O/c1-3-5-7-9-10-15-24-17-19-26(29-28-24)25-18-16-23(22-27-25)14-11-13-21-30-20-12-8-6-4-2/h16-19,22H,3-15,20-21H2,1-2H3. The summed E-state index contributed by atoms with van der Waals surface area (Å²) in [6.45, 7) is 6.27. The maximum absolute atomic E-state index is 5.72. The molecule has 0 bridgehead atoms. The summed E-state index contributed by atoms with van der Waals surface area (Å²) in [7, 11) is 0. The van der Waals surface area contributed by atoms with E-state index in [1.54, 1.807) is 0 Å². The highest BCUT2D eigenvalue weighted by Gasteiger charge is 2.04. The molecule has 4 nitrogen and oxygen atoms in total. The Kier molecular flexibility index (Phi) is 13.0. The smallest absolute Gasteiger partial charge is 0.111 e. The molecule has 2 aromatic rings. The van der Waals surface area contributed by atoms with Gasteiger partial charge in [-0.1, -0.05) is 64.9 Å². The lowest BCUT2D eigenvalue weighted by molar-refractivity contribution is 0.126. The van der Waals surface area contributed by atoms with E-state index in [1.807, 2.05) is 12.3 Å². The van der Waals surface area contributed by atoms with Crippen LogP contribution < -0.4 is 0 Å². The van der Waals surface area contributed by atoms with Crippen molar-refractivity contribution in [2.45, 2.75) is 97.3 Å². The van der Waals surface area contributed by atoms with E-state index in [0.717, 1.165) is 56.0 Å². The predicted molar refractivity (Wildman–Crippen MR) is 126 cm³/mol. The number of aromatic nitrogens is 3. The first-order chi connectivity index (χ1) is 14.8. The minimum absolute atomic E-state index is 0.854. The van der Waals surface area contributed by atoms with Crippen LogP contribution in [0.15, 0.2) is 30.5 Å². The van der Waals surface area contributed by atoms with E-state index < -0.39 is 0 Å². The van der Waals surface area contributed by atoms with Crippen LogP contribution in [-0.2, 0) is 17.6 Å². The summed E-state index contributed by atoms with van der Waals surface area (Å²) in [5, 5.41) is 8.78. The number of nitrogens with zero attached hydrogens (tertiary/aromatic N) is 3. The Morgan fingerprint density at radius 1 is 0.633 bits per heavy atom. The first-order valence-electron chi connectivity index (χ1n) is 12.2. The Hall–Kier alpha value is -1.81. The normalized spacial score (nSPS) is 11.1. The van der Waals surface area contributed by atoms with Gasteiger partial charge in [0, 0.05) is 19.4 Å². The highest BCUT2D eigenvalue weighted by molar-refractivity contribution is 5.53. The molecule has 0 N–H and O–H groups in total. The summed E-state index contributed by atoms with van der Waals surface area (Å²) in [6.07, 6.45) is 17.8. The number of hydrogen-bond acceptors (Lipinski definition) is 4. The van der Waals surface area contributed by atoms with Crippen LogP contribution in [0.4, 0.5) is 0 Å². The van der Waals surface area contributed by atoms with Crippen molar-refractivity contribution < 1.29 is 4.74 Å². The Morgan fingerprint density at radius 3 is 1.97 bits per heavy atom. The lowest BCUT2D eigenvalue weighted by atomic mass is 10.1. The third-order valence-electron chi connectivity index (χ3n) is 5.49. The van der Waals surface area contributed by atoms with Crippen LogP contribution in [0.3, 0.4) is 0 Å². The number of rotatable bonds is 17. The molecule has 2 rings (SSSR count). The van der Waals surface area contributed by atoms with Gasteiger partial charge in [0.1, 0.15) is 5.69 Å². The van der Waals surface area contributed by atoms with Crippen LogP contribution in [0.1, 0.15) is 95.7 Å². The Labute approximate surface area is 183 Å². The lowest BCUT2D eigenvalue weighted by Crippen LogP contribution is -1.99. The second-order valence-corrected chi connectivity index (χ2v) is 8.26. The first kappa shape index (κ1) is 24.5. The molecular formula is C26H41N3O. The van der Waals surface area contributed by atoms with Gasteiger partial charge in [0.15, 0.2) is 0 Å². The van der Waals surface area contributed by atoms with Crippen LogP contribution in [0.25, 0.3) is 11.4 Å². The summed E-state index contributed by atoms with van der Waals surface area (Å²) < 4.78 is 5.72. The number of hydrogen-bond donors (Lipinski definition) is 0. The zero-order valence-electron chi connectivity index (χ0n) is 19.2. The molecule has 0 radical (unpaired) electrons. The van der Waals surface area contributed by atoms with Gasteiger partial charge in [-0.2, -0.15) is 5.10 Å². The SMILES string of the molecule is CCCCCCCc1ccc(-c2ccc(CCCCOCCCCCC)cn2)nn1. The Bertz CT molecular complexity index is 655. The third-order valence-corrected chi connectivity index (χ3v) is 5.49. The number of ether oxygens (including phenoxy) is 1. The molecule has 0 atom stereocenters. The second kappa shape index (κ2) is 16.0. The number of unbranched alkanes of at least 4 members (excludes halogenated alkanes) is 8. The van der Waals surface area contributed by atoms with Crippen molar-refractivity contribution >= 4 is 0 Å². The molecule has 30 heavy (non-hydrogen) atoms. The monoisotopic (exact) mass is 411 g/mol. The molecule has 0 aliphatic heterocycles. The van der Waals surface area contributed by atoms with Gasteiger partial charge in [-0.15, -0.1) is 5.10 Å². The zero-order chi connectivity index (χ0) is 21.3. The lowest BCUT2D eigenvalue weighted by Gasteiger charge is -2.06. The van der Waals surface area contributed by atoms with Crippen LogP contribution in [-0.4, -0.2) is 28.4 Å². The molecule has 0 saturated heterocycles. The van der Waals surface area contributed by atoms with Gasteiger partial charge < -0.3 is 4.74 Å². The highest BCUT2D eigenvalue weighted by Crippen LogP contribution is 2.16. The van der Waals surface area contributed by atoms with Crippen molar-refractivity contribution in [1.29, 1.82) is 0 Å². The highest BCUT2D eigenvalue weighted by atomic mass is 16.5. The van der Waals surface area contributed by atoms with Crippen LogP contribution in [0.5, 0.6) is 0 Å². The number of pyridine rings is 1. The van der Waals surface area contributed by atoms with Crippen molar-refractivity contribution in [3.05, 3.63) is 41.7 Å². The molecule has 2 heterocycles. The van der Waals surface area contributed by atoms with Gasteiger partial charge in [-0.05, 0) is 62.3 Å². The van der Waals surface area contributed by atoms with Gasteiger partial charge in [-0.3, -0.25) is 4.98 Å². The van der Waals surface area contributed by atoms with Crippen LogP contribution >= 0.6 is 0 Å². The molecule has 2 aromatic heterocycles. The fraction of sp³-hybridized carbons (Fsp3) is 0.654. The largest absolute Gasteiger partial charge is 0.381 e.